The van der Waals surface area contributed by atoms with Crippen LogP contribution in [0.4, 0.5) is 5.69 Å². The number of carbonyl (C=O) groups excluding carboxylic acids is 2. The molecule has 1 atom stereocenters. The number of anilines is 1. The number of hydrogen-bond acceptors (Lipinski definition) is 7. The van der Waals surface area contributed by atoms with Gasteiger partial charge >= 0.3 is 17.2 Å². The molecule has 0 saturated carbocycles. The van der Waals surface area contributed by atoms with Crippen molar-refractivity contribution in [3.05, 3.63) is 56.8 Å². The van der Waals surface area contributed by atoms with Gasteiger partial charge in [-0.2, -0.15) is 0 Å². The van der Waals surface area contributed by atoms with Gasteiger partial charge in [0.1, 0.15) is 0 Å². The van der Waals surface area contributed by atoms with E-state index >= 15 is 0 Å². The van der Waals surface area contributed by atoms with Gasteiger partial charge in [-0.15, -0.1) is 0 Å². The molecule has 1 N–H and O–H groups in total. The third kappa shape index (κ3) is 4.02. The van der Waals surface area contributed by atoms with Crippen molar-refractivity contribution in [2.75, 3.05) is 18.3 Å². The maximum Gasteiger partial charge on any atom is 0.325 e. The van der Waals surface area contributed by atoms with E-state index in [4.69, 9.17) is 9.47 Å². The van der Waals surface area contributed by atoms with E-state index in [9.17, 15) is 14.4 Å². The monoisotopic (exact) mass is 531 g/mol. The van der Waals surface area contributed by atoms with Crippen molar-refractivity contribution in [1.82, 2.24) is 10.1 Å². The SMILES string of the molecule is COc1cc(C2N(C(C)=O)c3ccccc3-c3c(=O)[nH]c(SC)n[n+]32)c(Br)cc1OC(C)=O. The number of aromatic amines is 1. The van der Waals surface area contributed by atoms with Crippen LogP contribution in [0.2, 0.25) is 0 Å². The van der Waals surface area contributed by atoms with Crippen molar-refractivity contribution in [2.45, 2.75) is 25.2 Å². The highest BCUT2D eigenvalue weighted by Crippen LogP contribution is 2.42. The predicted molar refractivity (Wildman–Crippen MR) is 126 cm³/mol. The summed E-state index contributed by atoms with van der Waals surface area (Å²) in [5, 5.41) is 5.03. The van der Waals surface area contributed by atoms with Gasteiger partial charge in [-0.3, -0.25) is 19.4 Å². The van der Waals surface area contributed by atoms with E-state index < -0.39 is 12.1 Å². The van der Waals surface area contributed by atoms with Crippen LogP contribution in [0.3, 0.4) is 0 Å². The average molecular weight is 532 g/mol. The molecule has 4 rings (SSSR count). The number of para-hydroxylation sites is 1. The molecule has 1 amide bonds. The number of benzene rings is 2. The number of rotatable bonds is 4. The number of nitrogens with zero attached hydrogens (tertiary/aromatic N) is 3. The molecule has 1 unspecified atom stereocenters. The van der Waals surface area contributed by atoms with Gasteiger partial charge in [-0.25, -0.2) is 4.90 Å². The van der Waals surface area contributed by atoms with Crippen molar-refractivity contribution in [3.8, 4) is 22.8 Å². The maximum absolute atomic E-state index is 13.1. The molecule has 0 saturated heterocycles. The molecule has 3 aromatic rings. The van der Waals surface area contributed by atoms with Gasteiger partial charge in [0.05, 0.1) is 23.9 Å². The summed E-state index contributed by atoms with van der Waals surface area (Å²) in [6.45, 7) is 2.75. The quantitative estimate of drug-likeness (QED) is 0.238. The van der Waals surface area contributed by atoms with Crippen molar-refractivity contribution >= 4 is 45.3 Å². The molecule has 170 valence electrons. The number of ether oxygens (including phenoxy) is 2. The van der Waals surface area contributed by atoms with Gasteiger partial charge < -0.3 is 9.47 Å². The number of fused-ring (bicyclic) bond motifs is 3. The van der Waals surface area contributed by atoms with Crippen LogP contribution in [0.15, 0.2) is 50.8 Å². The van der Waals surface area contributed by atoms with Crippen molar-refractivity contribution < 1.29 is 23.7 Å². The lowest BCUT2D eigenvalue weighted by atomic mass is 10.0. The molecule has 0 fully saturated rings. The summed E-state index contributed by atoms with van der Waals surface area (Å²) < 4.78 is 12.8. The third-order valence-electron chi connectivity index (χ3n) is 5.11. The number of esters is 1. The Hall–Kier alpha value is -3.18. The van der Waals surface area contributed by atoms with E-state index in [1.807, 2.05) is 0 Å². The second-order valence-electron chi connectivity index (χ2n) is 7.15. The largest absolute Gasteiger partial charge is 0.493 e. The number of methoxy groups -OCH3 is 1. The first-order chi connectivity index (χ1) is 15.8. The van der Waals surface area contributed by atoms with Crippen LogP contribution in [0.5, 0.6) is 11.5 Å². The van der Waals surface area contributed by atoms with E-state index in [1.54, 1.807) is 52.2 Å². The normalized spacial score (nSPS) is 14.3. The zero-order valence-corrected chi connectivity index (χ0v) is 20.6. The van der Waals surface area contributed by atoms with Crippen LogP contribution >= 0.6 is 27.7 Å². The van der Waals surface area contributed by atoms with Gasteiger partial charge in [0.25, 0.3) is 6.17 Å². The number of aromatic nitrogens is 3. The summed E-state index contributed by atoms with van der Waals surface area (Å²) in [6.07, 6.45) is 0.988. The topological polar surface area (TPSA) is 105 Å². The van der Waals surface area contributed by atoms with Crippen LogP contribution in [0.25, 0.3) is 11.3 Å². The maximum atomic E-state index is 13.1. The third-order valence-corrected chi connectivity index (χ3v) is 6.36. The minimum Gasteiger partial charge on any atom is -0.493 e. The van der Waals surface area contributed by atoms with Gasteiger partial charge in [0, 0.05) is 23.4 Å². The summed E-state index contributed by atoms with van der Waals surface area (Å²) in [4.78, 5) is 42.0. The molecule has 1 aliphatic rings. The summed E-state index contributed by atoms with van der Waals surface area (Å²) in [6, 6.07) is 10.4. The number of hydrogen-bond donors (Lipinski definition) is 1. The average Bonchev–Trinajstić information content (AvgIpc) is 2.77. The summed E-state index contributed by atoms with van der Waals surface area (Å²) in [5.41, 5.74) is 1.75. The van der Waals surface area contributed by atoms with Crippen LogP contribution < -0.4 is 24.6 Å². The minimum atomic E-state index is -0.810. The molecular formula is C22H20BrN4O5S+. The van der Waals surface area contributed by atoms with E-state index in [1.165, 1.54) is 32.7 Å². The first kappa shape index (κ1) is 23.0. The lowest BCUT2D eigenvalue weighted by molar-refractivity contribution is -0.763. The first-order valence-electron chi connectivity index (χ1n) is 9.82. The molecule has 1 aromatic heterocycles. The summed E-state index contributed by atoms with van der Waals surface area (Å²) in [7, 11) is 1.45. The zero-order valence-electron chi connectivity index (χ0n) is 18.2. The molecule has 9 nitrogen and oxygen atoms in total. The molecule has 0 aliphatic carbocycles. The number of H-pyrrole nitrogens is 1. The summed E-state index contributed by atoms with van der Waals surface area (Å²) >= 11 is 4.82. The molecule has 0 spiro atoms. The van der Waals surface area contributed by atoms with E-state index in [0.717, 1.165) is 0 Å². The van der Waals surface area contributed by atoms with Gasteiger partial charge in [0.15, 0.2) is 11.5 Å². The second kappa shape index (κ2) is 8.99. The zero-order chi connectivity index (χ0) is 23.9. The van der Waals surface area contributed by atoms with E-state index in [-0.39, 0.29) is 17.2 Å². The minimum absolute atomic E-state index is 0.222. The Labute approximate surface area is 201 Å². The molecule has 33 heavy (non-hydrogen) atoms. The molecule has 11 heteroatoms. The molecule has 2 aromatic carbocycles. The number of carbonyl (C=O) groups is 2. The van der Waals surface area contributed by atoms with Crippen LogP contribution in [0, 0.1) is 0 Å². The standard InChI is InChI=1S/C22H19BrN4O5S/c1-11(28)26-16-8-6-5-7-13(16)19-20(30)24-22(33-4)25-27(19)21(26)14-9-17(31-3)18(10-15(14)23)32-12(2)29/h5-10,21H,1-4H3/p+1. The molecule has 2 heterocycles. The van der Waals surface area contributed by atoms with Gasteiger partial charge in [-0.1, -0.05) is 39.8 Å². The Morgan fingerprint density at radius 1 is 1.21 bits per heavy atom. The fraction of sp³-hybridized carbons (Fsp3) is 0.227. The molecule has 0 radical (unpaired) electrons. The lowest BCUT2D eigenvalue weighted by Crippen LogP contribution is -2.60. The highest BCUT2D eigenvalue weighted by Gasteiger charge is 2.46. The molecular weight excluding hydrogens is 512 g/mol. The predicted octanol–water partition coefficient (Wildman–Crippen LogP) is 3.06. The Bertz CT molecular complexity index is 1340. The first-order valence-corrected chi connectivity index (χ1v) is 11.8. The van der Waals surface area contributed by atoms with Gasteiger partial charge in [-0.05, 0) is 35.2 Å². The Balaban J connectivity index is 2.06. The van der Waals surface area contributed by atoms with Crippen molar-refractivity contribution in [3.63, 3.8) is 0 Å². The van der Waals surface area contributed by atoms with Crippen LogP contribution in [0.1, 0.15) is 25.6 Å². The van der Waals surface area contributed by atoms with Crippen LogP contribution in [-0.2, 0) is 9.59 Å². The fourth-order valence-electron chi connectivity index (χ4n) is 3.83. The van der Waals surface area contributed by atoms with Crippen molar-refractivity contribution in [1.29, 1.82) is 0 Å². The number of amides is 1. The number of halogens is 1. The smallest absolute Gasteiger partial charge is 0.325 e. The Kier molecular flexibility index (Phi) is 6.26. The van der Waals surface area contributed by atoms with E-state index in [2.05, 4.69) is 26.0 Å². The highest BCUT2D eigenvalue weighted by molar-refractivity contribution is 9.10. The van der Waals surface area contributed by atoms with Crippen molar-refractivity contribution in [2.24, 2.45) is 0 Å². The number of thioether (sulfide) groups is 1. The molecule has 1 aliphatic heterocycles. The Morgan fingerprint density at radius 2 is 1.94 bits per heavy atom. The number of nitrogens with one attached hydrogen (secondary N) is 1. The molecule has 0 bridgehead atoms. The lowest BCUT2D eigenvalue weighted by Gasteiger charge is -2.32. The fourth-order valence-corrected chi connectivity index (χ4v) is 4.72. The summed E-state index contributed by atoms with van der Waals surface area (Å²) in [5.74, 6) is -0.223. The van der Waals surface area contributed by atoms with Crippen LogP contribution in [-0.4, -0.2) is 35.3 Å². The van der Waals surface area contributed by atoms with E-state index in [0.29, 0.717) is 37.9 Å². The highest BCUT2D eigenvalue weighted by atomic mass is 79.9. The van der Waals surface area contributed by atoms with Gasteiger partial charge in [0.2, 0.25) is 11.1 Å². The Morgan fingerprint density at radius 3 is 2.58 bits per heavy atom. The second-order valence-corrected chi connectivity index (χ2v) is 8.80.